The second kappa shape index (κ2) is 7.43. The summed E-state index contributed by atoms with van der Waals surface area (Å²) in [6, 6.07) is 18.4. The van der Waals surface area contributed by atoms with Crippen LogP contribution in [0.15, 0.2) is 71.8 Å². The maximum absolute atomic E-state index is 13.1. The SMILES string of the molecule is FC(F)(F)c1ccc(C2Oc3ccccc3C3CC(c4ccc5c(c4)OCCO5)=NN32)cc1. The predicted octanol–water partition coefficient (Wildman–Crippen LogP) is 5.72. The van der Waals surface area contributed by atoms with Crippen LogP contribution in [-0.4, -0.2) is 23.9 Å². The maximum atomic E-state index is 13.1. The molecule has 0 spiro atoms. The molecule has 0 amide bonds. The van der Waals surface area contributed by atoms with Crippen molar-refractivity contribution in [3.05, 3.63) is 89.0 Å². The molecule has 5 nitrogen and oxygen atoms in total. The average molecular weight is 452 g/mol. The Morgan fingerprint density at radius 3 is 2.39 bits per heavy atom. The fourth-order valence-electron chi connectivity index (χ4n) is 4.49. The third-order valence-corrected chi connectivity index (χ3v) is 6.10. The van der Waals surface area contributed by atoms with Crippen molar-refractivity contribution in [2.45, 2.75) is 24.9 Å². The second-order valence-electron chi connectivity index (χ2n) is 8.13. The molecule has 0 aliphatic carbocycles. The Kier molecular flexibility index (Phi) is 4.50. The first kappa shape index (κ1) is 20.0. The van der Waals surface area contributed by atoms with Gasteiger partial charge in [-0.15, -0.1) is 0 Å². The highest BCUT2D eigenvalue weighted by Crippen LogP contribution is 2.48. The van der Waals surface area contributed by atoms with Crippen LogP contribution in [0.3, 0.4) is 0 Å². The predicted molar refractivity (Wildman–Crippen MR) is 114 cm³/mol. The number of rotatable bonds is 2. The van der Waals surface area contributed by atoms with Crippen LogP contribution in [-0.2, 0) is 6.18 Å². The molecular formula is C25H19F3N2O3. The summed E-state index contributed by atoms with van der Waals surface area (Å²) >= 11 is 0. The molecule has 3 aliphatic heterocycles. The fraction of sp³-hybridized carbons (Fsp3) is 0.240. The van der Waals surface area contributed by atoms with E-state index in [9.17, 15) is 13.2 Å². The molecule has 2 unspecified atom stereocenters. The summed E-state index contributed by atoms with van der Waals surface area (Å²) in [5.41, 5.74) is 2.68. The number of fused-ring (bicyclic) bond motifs is 4. The molecule has 3 aromatic carbocycles. The fourth-order valence-corrected chi connectivity index (χ4v) is 4.49. The molecule has 0 N–H and O–H groups in total. The van der Waals surface area contributed by atoms with Crippen LogP contribution in [0.5, 0.6) is 17.2 Å². The molecule has 0 saturated carbocycles. The number of benzene rings is 3. The molecule has 0 saturated heterocycles. The van der Waals surface area contributed by atoms with Crippen molar-refractivity contribution in [3.8, 4) is 17.2 Å². The molecule has 3 aromatic rings. The summed E-state index contributed by atoms with van der Waals surface area (Å²) in [6.07, 6.45) is -4.39. The van der Waals surface area contributed by atoms with Crippen LogP contribution in [0.4, 0.5) is 13.2 Å². The average Bonchev–Trinajstić information content (AvgIpc) is 3.29. The van der Waals surface area contributed by atoms with Gasteiger partial charge in [-0.1, -0.05) is 30.3 Å². The zero-order chi connectivity index (χ0) is 22.6. The lowest BCUT2D eigenvalue weighted by atomic mass is 9.95. The van der Waals surface area contributed by atoms with Gasteiger partial charge in [0.05, 0.1) is 17.3 Å². The van der Waals surface area contributed by atoms with Gasteiger partial charge >= 0.3 is 6.18 Å². The van der Waals surface area contributed by atoms with Gasteiger partial charge in [-0.05, 0) is 36.4 Å². The normalized spacial score (nSPS) is 21.1. The first-order valence-electron chi connectivity index (χ1n) is 10.7. The molecule has 168 valence electrons. The molecule has 33 heavy (non-hydrogen) atoms. The van der Waals surface area contributed by atoms with Crippen LogP contribution < -0.4 is 14.2 Å². The summed E-state index contributed by atoms with van der Waals surface area (Å²) in [7, 11) is 0. The maximum Gasteiger partial charge on any atom is 0.416 e. The van der Waals surface area contributed by atoms with Gasteiger partial charge in [0, 0.05) is 23.1 Å². The molecule has 0 bridgehead atoms. The van der Waals surface area contributed by atoms with Gasteiger partial charge < -0.3 is 14.2 Å². The zero-order valence-corrected chi connectivity index (χ0v) is 17.4. The van der Waals surface area contributed by atoms with Crippen LogP contribution in [0, 0.1) is 0 Å². The third kappa shape index (κ3) is 3.46. The van der Waals surface area contributed by atoms with Crippen LogP contribution in [0.1, 0.15) is 40.9 Å². The summed E-state index contributed by atoms with van der Waals surface area (Å²) < 4.78 is 56.7. The van der Waals surface area contributed by atoms with Crippen molar-refractivity contribution in [3.63, 3.8) is 0 Å². The van der Waals surface area contributed by atoms with E-state index < -0.39 is 18.0 Å². The quantitative estimate of drug-likeness (QED) is 0.499. The zero-order valence-electron chi connectivity index (χ0n) is 17.4. The van der Waals surface area contributed by atoms with Crippen LogP contribution in [0.25, 0.3) is 0 Å². The highest BCUT2D eigenvalue weighted by atomic mass is 19.4. The Morgan fingerprint density at radius 1 is 0.848 bits per heavy atom. The summed E-state index contributed by atoms with van der Waals surface area (Å²) in [6.45, 7) is 1.01. The van der Waals surface area contributed by atoms with E-state index in [1.165, 1.54) is 12.1 Å². The lowest BCUT2D eigenvalue weighted by Crippen LogP contribution is -2.33. The van der Waals surface area contributed by atoms with Crippen molar-refractivity contribution < 1.29 is 27.4 Å². The first-order valence-corrected chi connectivity index (χ1v) is 10.7. The van der Waals surface area contributed by atoms with Crippen molar-refractivity contribution in [2.24, 2.45) is 5.10 Å². The number of para-hydroxylation sites is 1. The van der Waals surface area contributed by atoms with Crippen molar-refractivity contribution in [1.82, 2.24) is 5.01 Å². The van der Waals surface area contributed by atoms with Crippen LogP contribution >= 0.6 is 0 Å². The smallest absolute Gasteiger partial charge is 0.416 e. The Morgan fingerprint density at radius 2 is 1.61 bits per heavy atom. The number of hydrogen-bond donors (Lipinski definition) is 0. The minimum absolute atomic E-state index is 0.0922. The van der Waals surface area contributed by atoms with E-state index in [0.29, 0.717) is 42.4 Å². The molecule has 0 fully saturated rings. The largest absolute Gasteiger partial charge is 0.486 e. The van der Waals surface area contributed by atoms with E-state index in [2.05, 4.69) is 0 Å². The van der Waals surface area contributed by atoms with Gasteiger partial charge in [0.25, 0.3) is 0 Å². The van der Waals surface area contributed by atoms with Gasteiger partial charge in [0.1, 0.15) is 19.0 Å². The van der Waals surface area contributed by atoms with E-state index in [1.54, 1.807) is 0 Å². The molecular weight excluding hydrogens is 433 g/mol. The van der Waals surface area contributed by atoms with Gasteiger partial charge in [-0.25, -0.2) is 5.01 Å². The van der Waals surface area contributed by atoms with Crippen molar-refractivity contribution in [1.29, 1.82) is 0 Å². The topological polar surface area (TPSA) is 43.3 Å². The highest BCUT2D eigenvalue weighted by Gasteiger charge is 2.41. The Balaban J connectivity index is 1.38. The molecule has 3 heterocycles. The minimum Gasteiger partial charge on any atom is -0.486 e. The lowest BCUT2D eigenvalue weighted by Gasteiger charge is -2.38. The summed E-state index contributed by atoms with van der Waals surface area (Å²) in [5.74, 6) is 2.10. The number of hydrogen-bond acceptors (Lipinski definition) is 5. The number of nitrogens with zero attached hydrogens (tertiary/aromatic N) is 2. The van der Waals surface area contributed by atoms with E-state index in [1.807, 2.05) is 47.5 Å². The molecule has 2 atom stereocenters. The van der Waals surface area contributed by atoms with Gasteiger partial charge in [0.2, 0.25) is 6.23 Å². The molecule has 0 radical (unpaired) electrons. The van der Waals surface area contributed by atoms with Gasteiger partial charge in [-0.2, -0.15) is 18.3 Å². The second-order valence-corrected chi connectivity index (χ2v) is 8.13. The van der Waals surface area contributed by atoms with Gasteiger partial charge in [-0.3, -0.25) is 0 Å². The molecule has 0 aromatic heterocycles. The van der Waals surface area contributed by atoms with Crippen molar-refractivity contribution in [2.75, 3.05) is 13.2 Å². The van der Waals surface area contributed by atoms with Crippen molar-refractivity contribution >= 4 is 5.71 Å². The van der Waals surface area contributed by atoms with E-state index in [-0.39, 0.29) is 6.04 Å². The Labute approximate surface area is 188 Å². The van der Waals surface area contributed by atoms with E-state index >= 15 is 0 Å². The monoisotopic (exact) mass is 452 g/mol. The van der Waals surface area contributed by atoms with E-state index in [0.717, 1.165) is 29.0 Å². The molecule has 3 aliphatic rings. The minimum atomic E-state index is -4.39. The Bertz CT molecular complexity index is 1240. The summed E-state index contributed by atoms with van der Waals surface area (Å²) in [4.78, 5) is 0. The molecule has 6 rings (SSSR count). The highest BCUT2D eigenvalue weighted by molar-refractivity contribution is 6.02. The first-order chi connectivity index (χ1) is 16.0. The molecule has 8 heteroatoms. The number of halogens is 3. The summed E-state index contributed by atoms with van der Waals surface area (Å²) in [5, 5.41) is 6.71. The standard InChI is InChI=1S/C25H19F3N2O3/c26-25(27,28)17-8-5-15(6-9-17)24-30-20(18-3-1-2-4-21(18)33-24)14-19(29-30)16-7-10-22-23(13-16)32-12-11-31-22/h1-10,13,20,24H,11-12,14H2. The van der Waals surface area contributed by atoms with E-state index in [4.69, 9.17) is 19.3 Å². The number of ether oxygens (including phenoxy) is 3. The lowest BCUT2D eigenvalue weighted by molar-refractivity contribution is -0.137. The van der Waals surface area contributed by atoms with Gasteiger partial charge in [0.15, 0.2) is 11.5 Å². The number of hydrazone groups is 1. The number of alkyl halides is 3. The third-order valence-electron chi connectivity index (χ3n) is 6.10. The Hall–Kier alpha value is -3.68. The van der Waals surface area contributed by atoms with Crippen LogP contribution in [0.2, 0.25) is 0 Å².